The van der Waals surface area contributed by atoms with Crippen molar-refractivity contribution in [3.05, 3.63) is 16.1 Å². The van der Waals surface area contributed by atoms with Crippen molar-refractivity contribution >= 4 is 11.3 Å². The molecule has 4 nitrogen and oxygen atoms in total. The monoisotopic (exact) mass is 255 g/mol. The largest absolute Gasteiger partial charge is 0.376 e. The summed E-state index contributed by atoms with van der Waals surface area (Å²) >= 11 is 1.66. The first kappa shape index (κ1) is 13.0. The summed E-state index contributed by atoms with van der Waals surface area (Å²) in [5, 5.41) is 3.15. The van der Waals surface area contributed by atoms with Gasteiger partial charge in [-0.1, -0.05) is 6.92 Å². The lowest BCUT2D eigenvalue weighted by Gasteiger charge is -2.31. The lowest BCUT2D eigenvalue weighted by molar-refractivity contribution is -0.0327. The zero-order valence-corrected chi connectivity index (χ0v) is 11.4. The number of nitrogens with two attached hydrogens (primary N) is 1. The van der Waals surface area contributed by atoms with Gasteiger partial charge in [-0.15, -0.1) is 11.3 Å². The van der Waals surface area contributed by atoms with Gasteiger partial charge in [-0.25, -0.2) is 4.98 Å². The highest BCUT2D eigenvalue weighted by Gasteiger charge is 2.19. The van der Waals surface area contributed by atoms with E-state index in [9.17, 15) is 0 Å². The van der Waals surface area contributed by atoms with Gasteiger partial charge in [0.05, 0.1) is 24.4 Å². The highest BCUT2D eigenvalue weighted by Crippen LogP contribution is 2.18. The van der Waals surface area contributed by atoms with Crippen LogP contribution in [0.1, 0.15) is 37.0 Å². The molecule has 1 aromatic heterocycles. The molecule has 1 fully saturated rings. The van der Waals surface area contributed by atoms with E-state index in [1.165, 1.54) is 0 Å². The Bertz CT molecular complexity index is 353. The summed E-state index contributed by atoms with van der Waals surface area (Å²) in [7, 11) is 0. The molecule has 1 aromatic rings. The van der Waals surface area contributed by atoms with Gasteiger partial charge in [0.2, 0.25) is 0 Å². The van der Waals surface area contributed by atoms with Gasteiger partial charge in [0.15, 0.2) is 0 Å². The molecule has 5 heteroatoms. The van der Waals surface area contributed by atoms with Crippen molar-refractivity contribution in [2.45, 2.75) is 39.0 Å². The van der Waals surface area contributed by atoms with E-state index in [0.717, 1.165) is 43.4 Å². The maximum Gasteiger partial charge on any atom is 0.109 e. The van der Waals surface area contributed by atoms with Crippen LogP contribution in [0.15, 0.2) is 5.38 Å². The van der Waals surface area contributed by atoms with Crippen LogP contribution >= 0.6 is 11.3 Å². The number of nitrogens with zero attached hydrogens (tertiary/aromatic N) is 2. The average molecular weight is 255 g/mol. The van der Waals surface area contributed by atoms with Gasteiger partial charge in [0, 0.05) is 25.0 Å². The van der Waals surface area contributed by atoms with E-state index >= 15 is 0 Å². The fourth-order valence-corrected chi connectivity index (χ4v) is 2.77. The van der Waals surface area contributed by atoms with E-state index in [4.69, 9.17) is 10.5 Å². The van der Waals surface area contributed by atoms with Gasteiger partial charge in [0.25, 0.3) is 0 Å². The van der Waals surface area contributed by atoms with E-state index in [1.807, 2.05) is 6.92 Å². The Labute approximate surface area is 107 Å². The summed E-state index contributed by atoms with van der Waals surface area (Å²) < 4.78 is 5.66. The van der Waals surface area contributed by atoms with E-state index < -0.39 is 0 Å². The van der Waals surface area contributed by atoms with Crippen LogP contribution in [0.5, 0.6) is 0 Å². The minimum atomic E-state index is 0.0434. The van der Waals surface area contributed by atoms with E-state index in [0.29, 0.717) is 6.10 Å². The third-order valence-corrected chi connectivity index (χ3v) is 4.12. The summed E-state index contributed by atoms with van der Waals surface area (Å²) in [5.74, 6) is 0. The quantitative estimate of drug-likeness (QED) is 0.891. The molecule has 2 N–H and O–H groups in total. The topological polar surface area (TPSA) is 51.4 Å². The van der Waals surface area contributed by atoms with Crippen LogP contribution < -0.4 is 5.73 Å². The highest BCUT2D eigenvalue weighted by atomic mass is 32.1. The van der Waals surface area contributed by atoms with Gasteiger partial charge in [0.1, 0.15) is 5.01 Å². The van der Waals surface area contributed by atoms with Crippen LogP contribution in [0.3, 0.4) is 0 Å². The Hall–Kier alpha value is -0.490. The van der Waals surface area contributed by atoms with Gasteiger partial charge < -0.3 is 10.5 Å². The third kappa shape index (κ3) is 3.48. The van der Waals surface area contributed by atoms with Crippen molar-refractivity contribution in [2.75, 3.05) is 19.7 Å². The molecule has 1 saturated heterocycles. The minimum absolute atomic E-state index is 0.0434. The molecule has 0 saturated carbocycles. The molecule has 0 bridgehead atoms. The number of rotatable bonds is 4. The summed E-state index contributed by atoms with van der Waals surface area (Å²) in [6.07, 6.45) is 1.47. The lowest BCUT2D eigenvalue weighted by atomic mass is 10.2. The van der Waals surface area contributed by atoms with E-state index in [-0.39, 0.29) is 6.04 Å². The molecule has 96 valence electrons. The average Bonchev–Trinajstić information content (AvgIpc) is 2.78. The molecule has 0 radical (unpaired) electrons. The van der Waals surface area contributed by atoms with Crippen molar-refractivity contribution in [1.29, 1.82) is 0 Å². The molecule has 2 heterocycles. The Morgan fingerprint density at radius 3 is 3.18 bits per heavy atom. The molecule has 1 aliphatic rings. The van der Waals surface area contributed by atoms with E-state index in [1.54, 1.807) is 11.3 Å². The second-order valence-electron chi connectivity index (χ2n) is 4.60. The Balaban J connectivity index is 1.91. The van der Waals surface area contributed by atoms with Gasteiger partial charge in [-0.3, -0.25) is 4.90 Å². The maximum atomic E-state index is 5.82. The number of thiazole rings is 1. The molecule has 2 rings (SSSR count). The van der Waals surface area contributed by atoms with Crippen molar-refractivity contribution in [1.82, 2.24) is 9.88 Å². The Morgan fingerprint density at radius 2 is 2.53 bits per heavy atom. The molecule has 17 heavy (non-hydrogen) atoms. The Kier molecular flexibility index (Phi) is 4.50. The highest BCUT2D eigenvalue weighted by molar-refractivity contribution is 7.09. The smallest absolute Gasteiger partial charge is 0.109 e. The first-order valence-electron chi connectivity index (χ1n) is 6.23. The van der Waals surface area contributed by atoms with Crippen molar-refractivity contribution in [3.63, 3.8) is 0 Å². The molecule has 2 atom stereocenters. The van der Waals surface area contributed by atoms with Crippen LogP contribution in [0, 0.1) is 0 Å². The molecular weight excluding hydrogens is 234 g/mol. The number of ether oxygens (including phenoxy) is 1. The normalized spacial score (nSPS) is 23.8. The van der Waals surface area contributed by atoms with Crippen LogP contribution in [0.2, 0.25) is 0 Å². The van der Waals surface area contributed by atoms with Crippen LogP contribution in [-0.2, 0) is 11.3 Å². The van der Waals surface area contributed by atoms with Crippen LogP contribution in [0.4, 0.5) is 0 Å². The number of aromatic nitrogens is 1. The SMILES string of the molecule is CCC1CN(Cc2csc(C(C)N)n2)CCO1. The maximum absolute atomic E-state index is 5.82. The standard InChI is InChI=1S/C12H21N3OS/c1-3-11-7-15(4-5-16-11)6-10-8-17-12(14-10)9(2)13/h8-9,11H,3-7,13H2,1-2H3. The van der Waals surface area contributed by atoms with Gasteiger partial charge >= 0.3 is 0 Å². The molecule has 1 aliphatic heterocycles. The summed E-state index contributed by atoms with van der Waals surface area (Å²) in [6, 6.07) is 0.0434. The first-order chi connectivity index (χ1) is 8.19. The molecule has 0 amide bonds. The van der Waals surface area contributed by atoms with Gasteiger partial charge in [-0.05, 0) is 13.3 Å². The number of hydrogen-bond acceptors (Lipinski definition) is 5. The first-order valence-corrected chi connectivity index (χ1v) is 7.10. The summed E-state index contributed by atoms with van der Waals surface area (Å²) in [5.41, 5.74) is 6.96. The van der Waals surface area contributed by atoms with Gasteiger partial charge in [-0.2, -0.15) is 0 Å². The zero-order chi connectivity index (χ0) is 12.3. The predicted octanol–water partition coefficient (Wildman–Crippen LogP) is 1.77. The molecule has 0 aromatic carbocycles. The number of morpholine rings is 1. The summed E-state index contributed by atoms with van der Waals surface area (Å²) in [6.45, 7) is 7.92. The fraction of sp³-hybridized carbons (Fsp3) is 0.750. The molecule has 0 aliphatic carbocycles. The van der Waals surface area contributed by atoms with Crippen LogP contribution in [0.25, 0.3) is 0 Å². The van der Waals surface area contributed by atoms with E-state index in [2.05, 4.69) is 22.2 Å². The third-order valence-electron chi connectivity index (χ3n) is 3.02. The zero-order valence-electron chi connectivity index (χ0n) is 10.6. The Morgan fingerprint density at radius 1 is 1.71 bits per heavy atom. The molecule has 0 spiro atoms. The minimum Gasteiger partial charge on any atom is -0.376 e. The summed E-state index contributed by atoms with van der Waals surface area (Å²) in [4.78, 5) is 6.98. The van der Waals surface area contributed by atoms with Crippen molar-refractivity contribution in [2.24, 2.45) is 5.73 Å². The lowest BCUT2D eigenvalue weighted by Crippen LogP contribution is -2.41. The fourth-order valence-electron chi connectivity index (χ4n) is 2.00. The van der Waals surface area contributed by atoms with Crippen molar-refractivity contribution < 1.29 is 4.74 Å². The molecular formula is C12H21N3OS. The predicted molar refractivity (Wildman–Crippen MR) is 70.0 cm³/mol. The number of hydrogen-bond donors (Lipinski definition) is 1. The second-order valence-corrected chi connectivity index (χ2v) is 5.49. The van der Waals surface area contributed by atoms with Crippen molar-refractivity contribution in [3.8, 4) is 0 Å². The second kappa shape index (κ2) is 5.91. The van der Waals surface area contributed by atoms with Crippen LogP contribution in [-0.4, -0.2) is 35.7 Å². The molecule has 2 unspecified atom stereocenters.